The number of amides is 1. The number of hydrogen-bond donors (Lipinski definition) is 3. The molecule has 1 aromatic heterocycles. The maximum Gasteiger partial charge on any atom is 0.407 e. The predicted octanol–water partition coefficient (Wildman–Crippen LogP) is 3.42. The van der Waals surface area contributed by atoms with Crippen LogP contribution in [0.3, 0.4) is 0 Å². The van der Waals surface area contributed by atoms with Crippen LogP contribution in [0.5, 0.6) is 17.2 Å². The van der Waals surface area contributed by atoms with E-state index in [-0.39, 0.29) is 55.5 Å². The Morgan fingerprint density at radius 3 is 2.57 bits per heavy atom. The molecule has 6 rings (SSSR count). The third-order valence-corrected chi connectivity index (χ3v) is 12.9. The first-order valence-electron chi connectivity index (χ1n) is 20.3. The second-order valence-electron chi connectivity index (χ2n) is 15.5. The Bertz CT molecular complexity index is 2050. The number of fused-ring (bicyclic) bond motifs is 2. The number of aryl methyl sites for hydroxylation is 1. The number of sulfonamides is 1. The number of rotatable bonds is 22. The fourth-order valence-corrected chi connectivity index (χ4v) is 9.36. The number of ether oxygens (including phenoxy) is 8. The second-order valence-corrected chi connectivity index (χ2v) is 18.5. The van der Waals surface area contributed by atoms with Gasteiger partial charge in [0, 0.05) is 18.0 Å². The van der Waals surface area contributed by atoms with Crippen molar-refractivity contribution in [3.05, 3.63) is 64.1 Å². The Balaban J connectivity index is 1.28. The summed E-state index contributed by atoms with van der Waals surface area (Å²) in [5, 5.41) is 5.72. The number of nitrogens with zero attached hydrogens (tertiary/aromatic N) is 2. The molecule has 61 heavy (non-hydrogen) atoms. The Labute approximate surface area is 359 Å². The van der Waals surface area contributed by atoms with Gasteiger partial charge in [0.1, 0.15) is 30.6 Å². The Morgan fingerprint density at radius 2 is 1.84 bits per heavy atom. The molecule has 0 spiro atoms. The zero-order valence-corrected chi connectivity index (χ0v) is 36.2. The highest BCUT2D eigenvalue weighted by Gasteiger charge is 2.44. The van der Waals surface area contributed by atoms with Crippen molar-refractivity contribution in [2.75, 3.05) is 46.2 Å². The molecular formula is C41H55N5O13S2. The van der Waals surface area contributed by atoms with Crippen LogP contribution in [-0.2, 0) is 56.3 Å². The van der Waals surface area contributed by atoms with Crippen LogP contribution in [0.15, 0.2) is 52.7 Å². The van der Waals surface area contributed by atoms with Crippen molar-refractivity contribution in [2.24, 2.45) is 23.3 Å². The summed E-state index contributed by atoms with van der Waals surface area (Å²) in [6, 6.07) is 9.29. The molecule has 3 aromatic rings. The summed E-state index contributed by atoms with van der Waals surface area (Å²) in [7, 11) is -4.29. The van der Waals surface area contributed by atoms with Crippen molar-refractivity contribution in [3.8, 4) is 17.2 Å². The van der Waals surface area contributed by atoms with Crippen LogP contribution in [0.2, 0.25) is 0 Å². The number of nitrogens with one attached hydrogen (secondary N) is 1. The van der Waals surface area contributed by atoms with E-state index < -0.39 is 71.8 Å². The molecule has 5 N–H and O–H groups in total. The van der Waals surface area contributed by atoms with E-state index in [1.165, 1.54) is 33.8 Å². The molecule has 20 heteroatoms. The molecule has 18 nitrogen and oxygen atoms in total. The standard InChI is InChI=1S/C41H55N5O13S2/c1-25(2)18-46(61(50,51)30-11-12-34-35(17-30)57-24-56-34)19-36(58-38(47)22-54-39(48)32(43)6-4-5-14-42)33(45-41(49)59-37-21-55-40-31(37)13-15-52-40)16-27-7-9-29(10-8-27)53-20-28-23-60-26(3)44-28/h7-12,17,23,25,31-33,36-37,40H,4-6,13-16,18-22,24,42-43H2,1-3H3,(H,45,49)/t31-,32-,33-,36+,37-,40+/m0/s1. The third-order valence-electron chi connectivity index (χ3n) is 10.2. The van der Waals surface area contributed by atoms with Gasteiger partial charge in [0.25, 0.3) is 0 Å². The number of alkyl carbamates (subject to hydrolysis) is 1. The van der Waals surface area contributed by atoms with E-state index in [4.69, 9.17) is 49.4 Å². The summed E-state index contributed by atoms with van der Waals surface area (Å²) < 4.78 is 75.4. The highest BCUT2D eigenvalue weighted by atomic mass is 32.2. The lowest BCUT2D eigenvalue weighted by Crippen LogP contribution is -2.53. The first kappa shape index (κ1) is 45.9. The average molecular weight is 890 g/mol. The second kappa shape index (κ2) is 21.5. The Kier molecular flexibility index (Phi) is 16.2. The summed E-state index contributed by atoms with van der Waals surface area (Å²) in [6.07, 6.45) is -1.05. The first-order valence-corrected chi connectivity index (χ1v) is 22.7. The lowest BCUT2D eigenvalue weighted by atomic mass is 10.0. The molecule has 0 aliphatic carbocycles. The first-order chi connectivity index (χ1) is 29.3. The van der Waals surface area contributed by atoms with E-state index in [1.807, 2.05) is 26.2 Å². The smallest absolute Gasteiger partial charge is 0.407 e. The number of aromatic nitrogens is 1. The number of thiazole rings is 1. The molecule has 3 aliphatic heterocycles. The molecule has 334 valence electrons. The predicted molar refractivity (Wildman–Crippen MR) is 220 cm³/mol. The van der Waals surface area contributed by atoms with Gasteiger partial charge in [-0.1, -0.05) is 32.4 Å². The van der Waals surface area contributed by atoms with Crippen LogP contribution in [0.1, 0.15) is 55.8 Å². The molecule has 2 fully saturated rings. The van der Waals surface area contributed by atoms with Crippen LogP contribution in [0, 0.1) is 18.8 Å². The van der Waals surface area contributed by atoms with E-state index >= 15 is 0 Å². The molecule has 1 amide bonds. The van der Waals surface area contributed by atoms with Gasteiger partial charge < -0.3 is 54.7 Å². The van der Waals surface area contributed by atoms with E-state index in [0.29, 0.717) is 55.9 Å². The number of benzene rings is 2. The van der Waals surface area contributed by atoms with Crippen molar-refractivity contribution in [3.63, 3.8) is 0 Å². The van der Waals surface area contributed by atoms with Crippen LogP contribution >= 0.6 is 11.3 Å². The molecule has 6 atom stereocenters. The van der Waals surface area contributed by atoms with Crippen molar-refractivity contribution in [2.45, 2.75) is 95.0 Å². The number of hydrogen-bond acceptors (Lipinski definition) is 17. The zero-order valence-electron chi connectivity index (χ0n) is 34.5. The number of esters is 2. The van der Waals surface area contributed by atoms with Gasteiger partial charge in [-0.2, -0.15) is 4.31 Å². The minimum absolute atomic E-state index is 0.00165. The SMILES string of the molecule is Cc1nc(COc2ccc(C[C@H](NC(=O)O[C@H]3CO[C@H]4OCC[C@H]43)[C@@H](CN(CC(C)C)S(=O)(=O)c3ccc4c(c3)OCO4)OC(=O)COC(=O)[C@@H](N)CCCCN)cc2)cs1. The molecule has 2 saturated heterocycles. The van der Waals surface area contributed by atoms with E-state index in [9.17, 15) is 22.8 Å². The fraction of sp³-hybridized carbons (Fsp3) is 0.561. The van der Waals surface area contributed by atoms with Crippen molar-refractivity contribution >= 4 is 39.4 Å². The largest absolute Gasteiger partial charge is 0.487 e. The van der Waals surface area contributed by atoms with Crippen LogP contribution in [0.25, 0.3) is 0 Å². The lowest BCUT2D eigenvalue weighted by molar-refractivity contribution is -0.164. The quantitative estimate of drug-likeness (QED) is 0.0744. The molecule has 0 unspecified atom stereocenters. The highest BCUT2D eigenvalue weighted by molar-refractivity contribution is 7.89. The number of unbranched alkanes of at least 4 members (excludes halogenated alkanes) is 1. The normalized spacial score (nSPS) is 19.6. The van der Waals surface area contributed by atoms with Crippen molar-refractivity contribution in [1.29, 1.82) is 0 Å². The van der Waals surface area contributed by atoms with Gasteiger partial charge in [-0.15, -0.1) is 11.3 Å². The summed E-state index contributed by atoms with van der Waals surface area (Å²) in [5.41, 5.74) is 13.0. The molecule has 4 heterocycles. The molecule has 0 saturated carbocycles. The Morgan fingerprint density at radius 1 is 1.05 bits per heavy atom. The summed E-state index contributed by atoms with van der Waals surface area (Å²) in [6.45, 7) is 5.61. The zero-order chi connectivity index (χ0) is 43.5. The summed E-state index contributed by atoms with van der Waals surface area (Å²) in [4.78, 5) is 44.5. The molecule has 0 radical (unpaired) electrons. The number of carbonyl (C=O) groups excluding carboxylic acids is 3. The average Bonchev–Trinajstić information content (AvgIpc) is 4.06. The number of nitrogens with two attached hydrogens (primary N) is 2. The molecule has 0 bridgehead atoms. The lowest BCUT2D eigenvalue weighted by Gasteiger charge is -2.33. The Hall–Kier alpha value is -4.57. The number of carbonyl (C=O) groups is 3. The van der Waals surface area contributed by atoms with E-state index in [0.717, 1.165) is 10.7 Å². The van der Waals surface area contributed by atoms with Gasteiger partial charge in [-0.25, -0.2) is 23.0 Å². The summed E-state index contributed by atoms with van der Waals surface area (Å²) >= 11 is 1.52. The van der Waals surface area contributed by atoms with Gasteiger partial charge in [0.05, 0.1) is 47.3 Å². The minimum Gasteiger partial charge on any atom is -0.487 e. The fourth-order valence-electron chi connectivity index (χ4n) is 7.13. The molecule has 3 aliphatic rings. The molecule has 2 aromatic carbocycles. The maximum absolute atomic E-state index is 14.5. The minimum atomic E-state index is -4.29. The van der Waals surface area contributed by atoms with Gasteiger partial charge in [-0.3, -0.25) is 4.79 Å². The van der Waals surface area contributed by atoms with Gasteiger partial charge in [0.15, 0.2) is 24.4 Å². The maximum atomic E-state index is 14.5. The van der Waals surface area contributed by atoms with Crippen molar-refractivity contribution in [1.82, 2.24) is 14.6 Å². The third kappa shape index (κ3) is 12.7. The highest BCUT2D eigenvalue weighted by Crippen LogP contribution is 2.36. The topological polar surface area (TPSA) is 239 Å². The van der Waals surface area contributed by atoms with Crippen molar-refractivity contribution < 1.29 is 60.7 Å². The van der Waals surface area contributed by atoms with Gasteiger partial charge in [-0.05, 0) is 74.9 Å². The van der Waals surface area contributed by atoms with E-state index in [2.05, 4.69) is 10.3 Å². The van der Waals surface area contributed by atoms with Crippen LogP contribution in [0.4, 0.5) is 4.79 Å². The molecular weight excluding hydrogens is 835 g/mol. The van der Waals surface area contributed by atoms with Crippen LogP contribution < -0.4 is 31.0 Å². The summed E-state index contributed by atoms with van der Waals surface area (Å²) in [5.74, 6) is -0.929. The monoisotopic (exact) mass is 889 g/mol. The van der Waals surface area contributed by atoms with Gasteiger partial charge in [0.2, 0.25) is 16.8 Å². The van der Waals surface area contributed by atoms with E-state index in [1.54, 1.807) is 24.3 Å². The van der Waals surface area contributed by atoms with Crippen LogP contribution in [-0.4, -0.2) is 113 Å². The van der Waals surface area contributed by atoms with Gasteiger partial charge >= 0.3 is 18.0 Å².